The second-order valence-electron chi connectivity index (χ2n) is 5.10. The average Bonchev–Trinajstić information content (AvgIpc) is 2.40. The van der Waals surface area contributed by atoms with E-state index < -0.39 is 0 Å². The summed E-state index contributed by atoms with van der Waals surface area (Å²) in [6.45, 7) is 5.72. The third kappa shape index (κ3) is 3.72. The van der Waals surface area contributed by atoms with Gasteiger partial charge in [-0.1, -0.05) is 18.6 Å². The van der Waals surface area contributed by atoms with E-state index in [0.29, 0.717) is 19.2 Å². The third-order valence-electron chi connectivity index (χ3n) is 3.61. The molecule has 1 aromatic rings. The first-order chi connectivity index (χ1) is 8.79. The van der Waals surface area contributed by atoms with Crippen LogP contribution in [0.5, 0.6) is 5.75 Å². The molecule has 1 aromatic carbocycles. The number of likely N-dealkylation sites (tertiary alicyclic amines) is 1. The SMILES string of the molecule is C[C@@H]1CCCCN1Cc1cccc(OCCN)c1. The van der Waals surface area contributed by atoms with Crippen molar-refractivity contribution in [3.8, 4) is 5.75 Å². The summed E-state index contributed by atoms with van der Waals surface area (Å²) in [4.78, 5) is 2.56. The van der Waals surface area contributed by atoms with Crippen molar-refractivity contribution in [3.63, 3.8) is 0 Å². The van der Waals surface area contributed by atoms with Gasteiger partial charge in [0.05, 0.1) is 0 Å². The second-order valence-corrected chi connectivity index (χ2v) is 5.10. The molecule has 0 saturated carbocycles. The molecule has 1 aliphatic rings. The predicted octanol–water partition coefficient (Wildman–Crippen LogP) is 2.40. The molecule has 1 heterocycles. The van der Waals surface area contributed by atoms with Crippen molar-refractivity contribution in [1.29, 1.82) is 0 Å². The molecule has 1 atom stereocenters. The van der Waals surface area contributed by atoms with E-state index >= 15 is 0 Å². The molecule has 18 heavy (non-hydrogen) atoms. The quantitative estimate of drug-likeness (QED) is 0.869. The Hall–Kier alpha value is -1.06. The van der Waals surface area contributed by atoms with Crippen LogP contribution in [0.3, 0.4) is 0 Å². The summed E-state index contributed by atoms with van der Waals surface area (Å²) in [7, 11) is 0. The Kier molecular flexibility index (Phi) is 5.02. The first-order valence-electron chi connectivity index (χ1n) is 6.95. The van der Waals surface area contributed by atoms with E-state index in [-0.39, 0.29) is 0 Å². The average molecular weight is 248 g/mol. The van der Waals surface area contributed by atoms with Gasteiger partial charge in [-0.15, -0.1) is 0 Å². The van der Waals surface area contributed by atoms with E-state index in [4.69, 9.17) is 10.5 Å². The maximum absolute atomic E-state index is 5.57. The standard InChI is InChI=1S/C15H24N2O/c1-13-5-2-3-9-17(13)12-14-6-4-7-15(11-14)18-10-8-16/h4,6-7,11,13H,2-3,5,8-10,12,16H2,1H3/t13-/m1/s1. The second kappa shape index (κ2) is 6.76. The van der Waals surface area contributed by atoms with Gasteiger partial charge in [0.25, 0.3) is 0 Å². The lowest BCUT2D eigenvalue weighted by Crippen LogP contribution is -2.36. The molecule has 0 amide bonds. The minimum Gasteiger partial charge on any atom is -0.492 e. The van der Waals surface area contributed by atoms with Gasteiger partial charge in [-0.05, 0) is 44.0 Å². The molecule has 0 unspecified atom stereocenters. The van der Waals surface area contributed by atoms with Crippen LogP contribution in [0.15, 0.2) is 24.3 Å². The predicted molar refractivity (Wildman–Crippen MR) is 74.7 cm³/mol. The van der Waals surface area contributed by atoms with Gasteiger partial charge in [0.1, 0.15) is 12.4 Å². The Morgan fingerprint density at radius 3 is 3.06 bits per heavy atom. The maximum atomic E-state index is 5.57. The van der Waals surface area contributed by atoms with Crippen molar-refractivity contribution in [3.05, 3.63) is 29.8 Å². The van der Waals surface area contributed by atoms with Crippen LogP contribution >= 0.6 is 0 Å². The summed E-state index contributed by atoms with van der Waals surface area (Å²) < 4.78 is 5.57. The Morgan fingerprint density at radius 2 is 2.28 bits per heavy atom. The number of rotatable bonds is 5. The monoisotopic (exact) mass is 248 g/mol. The summed E-state index contributed by atoms with van der Waals surface area (Å²) in [5.74, 6) is 0.933. The Labute approximate surface area is 110 Å². The molecule has 2 N–H and O–H groups in total. The van der Waals surface area contributed by atoms with Gasteiger partial charge in [-0.3, -0.25) is 4.90 Å². The highest BCUT2D eigenvalue weighted by molar-refractivity contribution is 5.28. The Morgan fingerprint density at radius 1 is 1.39 bits per heavy atom. The van der Waals surface area contributed by atoms with Crippen LogP contribution in [0, 0.1) is 0 Å². The number of nitrogens with zero attached hydrogens (tertiary/aromatic N) is 1. The van der Waals surface area contributed by atoms with Crippen molar-refractivity contribution in [2.75, 3.05) is 19.7 Å². The highest BCUT2D eigenvalue weighted by Gasteiger charge is 2.18. The fourth-order valence-electron chi connectivity index (χ4n) is 2.54. The minimum absolute atomic E-state index is 0.563. The molecule has 1 fully saturated rings. The zero-order valence-electron chi connectivity index (χ0n) is 11.3. The highest BCUT2D eigenvalue weighted by atomic mass is 16.5. The lowest BCUT2D eigenvalue weighted by Gasteiger charge is -2.33. The number of hydrogen-bond donors (Lipinski definition) is 1. The first kappa shape index (κ1) is 13.4. The summed E-state index contributed by atoms with van der Waals surface area (Å²) >= 11 is 0. The molecule has 0 aromatic heterocycles. The van der Waals surface area contributed by atoms with E-state index in [2.05, 4.69) is 30.0 Å². The van der Waals surface area contributed by atoms with Crippen LogP contribution in [-0.4, -0.2) is 30.6 Å². The summed E-state index contributed by atoms with van der Waals surface area (Å²) in [5.41, 5.74) is 6.78. The largest absolute Gasteiger partial charge is 0.492 e. The fraction of sp³-hybridized carbons (Fsp3) is 0.600. The molecular formula is C15H24N2O. The number of nitrogens with two attached hydrogens (primary N) is 1. The number of ether oxygens (including phenoxy) is 1. The van der Waals surface area contributed by atoms with Gasteiger partial charge in [0, 0.05) is 19.1 Å². The molecule has 2 rings (SSSR count). The molecule has 3 nitrogen and oxygen atoms in total. The summed E-state index contributed by atoms with van der Waals surface area (Å²) in [6.07, 6.45) is 4.02. The smallest absolute Gasteiger partial charge is 0.119 e. The molecule has 0 spiro atoms. The lowest BCUT2D eigenvalue weighted by atomic mass is 10.0. The van der Waals surface area contributed by atoms with Crippen molar-refractivity contribution in [2.45, 2.75) is 38.8 Å². The van der Waals surface area contributed by atoms with E-state index in [1.54, 1.807) is 0 Å². The topological polar surface area (TPSA) is 38.5 Å². The van der Waals surface area contributed by atoms with Crippen molar-refractivity contribution in [2.24, 2.45) is 5.73 Å². The van der Waals surface area contributed by atoms with E-state index in [0.717, 1.165) is 12.3 Å². The van der Waals surface area contributed by atoms with E-state index in [1.807, 2.05) is 6.07 Å². The van der Waals surface area contributed by atoms with Gasteiger partial charge in [0.15, 0.2) is 0 Å². The van der Waals surface area contributed by atoms with E-state index in [9.17, 15) is 0 Å². The first-order valence-corrected chi connectivity index (χ1v) is 6.95. The van der Waals surface area contributed by atoms with Crippen molar-refractivity contribution in [1.82, 2.24) is 4.90 Å². The van der Waals surface area contributed by atoms with Gasteiger partial charge in [0.2, 0.25) is 0 Å². The number of benzene rings is 1. The molecule has 3 heteroatoms. The molecule has 0 bridgehead atoms. The molecular weight excluding hydrogens is 224 g/mol. The minimum atomic E-state index is 0.563. The van der Waals surface area contributed by atoms with Gasteiger partial charge < -0.3 is 10.5 Å². The van der Waals surface area contributed by atoms with Crippen LogP contribution < -0.4 is 10.5 Å². The van der Waals surface area contributed by atoms with Crippen LogP contribution in [0.2, 0.25) is 0 Å². The van der Waals surface area contributed by atoms with Crippen LogP contribution in [0.1, 0.15) is 31.7 Å². The molecule has 0 aliphatic carbocycles. The van der Waals surface area contributed by atoms with Gasteiger partial charge in [-0.2, -0.15) is 0 Å². The van der Waals surface area contributed by atoms with Crippen molar-refractivity contribution >= 4 is 0 Å². The molecule has 1 saturated heterocycles. The zero-order valence-corrected chi connectivity index (χ0v) is 11.3. The van der Waals surface area contributed by atoms with Gasteiger partial charge in [-0.25, -0.2) is 0 Å². The Bertz CT molecular complexity index is 367. The Balaban J connectivity index is 1.95. The van der Waals surface area contributed by atoms with Crippen LogP contribution in [-0.2, 0) is 6.54 Å². The van der Waals surface area contributed by atoms with Crippen LogP contribution in [0.4, 0.5) is 0 Å². The molecule has 100 valence electrons. The maximum Gasteiger partial charge on any atom is 0.119 e. The lowest BCUT2D eigenvalue weighted by molar-refractivity contribution is 0.152. The van der Waals surface area contributed by atoms with Crippen molar-refractivity contribution < 1.29 is 4.74 Å². The fourth-order valence-corrected chi connectivity index (χ4v) is 2.54. The zero-order chi connectivity index (χ0) is 12.8. The summed E-state index contributed by atoms with van der Waals surface area (Å²) in [6, 6.07) is 9.08. The molecule has 1 aliphatic heterocycles. The van der Waals surface area contributed by atoms with E-state index in [1.165, 1.54) is 31.4 Å². The summed E-state index contributed by atoms with van der Waals surface area (Å²) in [5, 5.41) is 0. The van der Waals surface area contributed by atoms with Gasteiger partial charge >= 0.3 is 0 Å². The highest BCUT2D eigenvalue weighted by Crippen LogP contribution is 2.21. The number of hydrogen-bond acceptors (Lipinski definition) is 3. The third-order valence-corrected chi connectivity index (χ3v) is 3.61. The normalized spacial score (nSPS) is 20.9. The van der Waals surface area contributed by atoms with Crippen LogP contribution in [0.25, 0.3) is 0 Å². The number of piperidine rings is 1. The molecule has 0 radical (unpaired) electrons.